The standard InChI is InChI=1S/C27H41ClN6O4S.C19H17ClN4OS.C2H6/c1-18(35)11-32-24(36)9-20-14-39-25(33-20)22-8-7-21(10-23(22)28)37-17-27(4,5)38-16-26(2,3)15-34(30)13-19(29)12-31-6;1-10-11(2)26-19-16(10)17(13-4-6-14(20)7-5-13)21-15(8-9-25)18-23-22-12(3)24(18)19;1-2/h7-8,10,13-14,31H,9,11-12,15-17,29-30H2,1-6H3,(H,32,36);4-7,9,15H,8H2,1-3H3;1-2H3/b19-13-;;/t;15-;/m.0./s1. The maximum Gasteiger partial charge on any atom is 0.226 e. The summed E-state index contributed by atoms with van der Waals surface area (Å²) in [6.45, 7) is 21.6. The molecule has 0 radical (unpaired) electrons. The predicted octanol–water partition coefficient (Wildman–Crippen LogP) is 8.52. The van der Waals surface area contributed by atoms with E-state index < -0.39 is 5.60 Å². The summed E-state index contributed by atoms with van der Waals surface area (Å²) >= 11 is 15.7. The number of hydrazine groups is 1. The number of nitrogens with zero attached hydrogens (tertiary/aromatic N) is 6. The molecule has 1 aliphatic heterocycles. The molecule has 0 bridgehead atoms. The first-order chi connectivity index (χ1) is 31.7. The van der Waals surface area contributed by atoms with Crippen molar-refractivity contribution in [1.82, 2.24) is 35.4 Å². The predicted molar refractivity (Wildman–Crippen MR) is 272 cm³/mol. The highest BCUT2D eigenvalue weighted by Crippen LogP contribution is 2.39. The lowest BCUT2D eigenvalue weighted by Gasteiger charge is -2.34. The molecule has 4 heterocycles. The number of nitrogens with two attached hydrogens (primary N) is 2. The first-order valence-corrected chi connectivity index (χ1v) is 24.3. The Balaban J connectivity index is 0.000000301. The number of carbonyl (C=O) groups is 3. The second-order valence-corrected chi connectivity index (χ2v) is 20.1. The van der Waals surface area contributed by atoms with E-state index >= 15 is 0 Å². The van der Waals surface area contributed by atoms with Crippen molar-refractivity contribution in [3.8, 4) is 21.3 Å². The van der Waals surface area contributed by atoms with Crippen molar-refractivity contribution < 1.29 is 23.9 Å². The van der Waals surface area contributed by atoms with Gasteiger partial charge in [-0.25, -0.2) is 10.8 Å². The van der Waals surface area contributed by atoms with Gasteiger partial charge in [0.25, 0.3) is 0 Å². The molecule has 1 aliphatic rings. The number of nitrogens with one attached hydrogen (secondary N) is 2. The Morgan fingerprint density at radius 3 is 2.36 bits per heavy atom. The summed E-state index contributed by atoms with van der Waals surface area (Å²) in [4.78, 5) is 45.0. The van der Waals surface area contributed by atoms with Crippen molar-refractivity contribution in [1.29, 1.82) is 0 Å². The highest BCUT2D eigenvalue weighted by Gasteiger charge is 2.31. The maximum atomic E-state index is 12.0. The molecule has 362 valence electrons. The van der Waals surface area contributed by atoms with Crippen LogP contribution in [0, 0.1) is 26.2 Å². The second-order valence-electron chi connectivity index (χ2n) is 17.2. The molecule has 0 saturated carbocycles. The van der Waals surface area contributed by atoms with Gasteiger partial charge in [0.1, 0.15) is 46.3 Å². The molecular weight excluding hydrogens is 932 g/mol. The number of thiazole rings is 1. The lowest BCUT2D eigenvalue weighted by atomic mass is 9.94. The number of hydrogen-bond acceptors (Lipinski definition) is 15. The number of ketones is 1. The van der Waals surface area contributed by atoms with Gasteiger partial charge in [-0.1, -0.05) is 63.0 Å². The summed E-state index contributed by atoms with van der Waals surface area (Å²) in [5.74, 6) is 7.86. The number of aldehydes is 1. The van der Waals surface area contributed by atoms with Crippen molar-refractivity contribution in [3.05, 3.63) is 109 Å². The maximum absolute atomic E-state index is 12.0. The van der Waals surface area contributed by atoms with Crippen LogP contribution in [0.25, 0.3) is 15.6 Å². The number of ether oxygens (including phenoxy) is 2. The molecule has 1 amide bonds. The minimum atomic E-state index is -0.560. The van der Waals surface area contributed by atoms with Gasteiger partial charge in [-0.05, 0) is 84.5 Å². The number of aryl methyl sites for hydroxylation is 2. The minimum Gasteiger partial charge on any atom is -0.491 e. The van der Waals surface area contributed by atoms with Gasteiger partial charge in [-0.2, -0.15) is 0 Å². The van der Waals surface area contributed by atoms with Crippen LogP contribution in [0.4, 0.5) is 0 Å². The van der Waals surface area contributed by atoms with Crippen LogP contribution in [0.5, 0.6) is 5.75 Å². The number of hydrogen-bond donors (Lipinski definition) is 4. The zero-order chi connectivity index (χ0) is 49.6. The van der Waals surface area contributed by atoms with E-state index in [1.54, 1.807) is 28.6 Å². The molecule has 0 unspecified atom stereocenters. The van der Waals surface area contributed by atoms with Gasteiger partial charge in [0.15, 0.2) is 5.82 Å². The number of thiophene rings is 1. The fourth-order valence-electron chi connectivity index (χ4n) is 6.70. The molecule has 0 aliphatic carbocycles. The molecule has 15 nitrogen and oxygen atoms in total. The summed E-state index contributed by atoms with van der Waals surface area (Å²) in [7, 11) is 1.83. The Hall–Kier alpha value is -5.01. The molecule has 67 heavy (non-hydrogen) atoms. The number of halogens is 2. The van der Waals surface area contributed by atoms with E-state index in [1.807, 2.05) is 88.0 Å². The van der Waals surface area contributed by atoms with Crippen molar-refractivity contribution in [3.63, 3.8) is 0 Å². The Bertz CT molecular complexity index is 2530. The first kappa shape index (κ1) is 54.6. The number of aromatic nitrogens is 4. The van der Waals surface area contributed by atoms with Crippen LogP contribution < -0.4 is 26.9 Å². The summed E-state index contributed by atoms with van der Waals surface area (Å²) in [6.07, 6.45) is 2.97. The van der Waals surface area contributed by atoms with Gasteiger partial charge in [-0.15, -0.1) is 32.9 Å². The van der Waals surface area contributed by atoms with E-state index in [0.717, 1.165) is 39.5 Å². The summed E-state index contributed by atoms with van der Waals surface area (Å²) in [6, 6.07) is 12.7. The largest absolute Gasteiger partial charge is 0.491 e. The van der Waals surface area contributed by atoms with Crippen LogP contribution in [0.3, 0.4) is 0 Å². The van der Waals surface area contributed by atoms with Gasteiger partial charge in [0, 0.05) is 68.8 Å². The highest BCUT2D eigenvalue weighted by molar-refractivity contribution is 7.15. The molecule has 0 saturated heterocycles. The molecule has 0 fully saturated rings. The number of amides is 1. The normalized spacial score (nSPS) is 13.4. The van der Waals surface area contributed by atoms with E-state index in [0.29, 0.717) is 64.3 Å². The van der Waals surface area contributed by atoms with E-state index in [2.05, 4.69) is 53.5 Å². The molecule has 0 spiro atoms. The van der Waals surface area contributed by atoms with Crippen LogP contribution in [0.15, 0.2) is 64.7 Å². The Kier molecular flexibility index (Phi) is 20.2. The van der Waals surface area contributed by atoms with Crippen LogP contribution in [0.1, 0.15) is 99.8 Å². The molecule has 2 aromatic carbocycles. The van der Waals surface area contributed by atoms with Crippen LogP contribution in [-0.4, -0.2) is 93.9 Å². The number of benzene rings is 2. The van der Waals surface area contributed by atoms with Crippen LogP contribution in [-0.2, 0) is 25.5 Å². The molecular formula is C48H64Cl2N10O5S2. The average molecular weight is 996 g/mol. The van der Waals surface area contributed by atoms with Gasteiger partial charge in [-0.3, -0.25) is 19.1 Å². The third-order valence-electron chi connectivity index (χ3n) is 10.0. The van der Waals surface area contributed by atoms with Gasteiger partial charge in [0.05, 0.1) is 41.6 Å². The third kappa shape index (κ3) is 15.5. The number of fused-ring (bicyclic) bond motifs is 3. The quantitative estimate of drug-likeness (QED) is 0.0349. The van der Waals surface area contributed by atoms with Crippen molar-refractivity contribution in [2.75, 3.05) is 39.9 Å². The summed E-state index contributed by atoms with van der Waals surface area (Å²) < 4.78 is 14.2. The number of carbonyl (C=O) groups excluding carboxylic acids is 3. The van der Waals surface area contributed by atoms with Crippen molar-refractivity contribution >= 4 is 69.6 Å². The second kappa shape index (κ2) is 24.8. The van der Waals surface area contributed by atoms with Crippen molar-refractivity contribution in [2.45, 2.75) is 93.7 Å². The Labute approximate surface area is 412 Å². The van der Waals surface area contributed by atoms with Crippen molar-refractivity contribution in [2.24, 2.45) is 22.0 Å². The van der Waals surface area contributed by atoms with E-state index in [4.69, 9.17) is 49.2 Å². The fourth-order valence-corrected chi connectivity index (χ4v) is 9.22. The number of Topliss-reactive ketones (excluding diaryl/α,β-unsaturated/α-hetero) is 1. The zero-order valence-electron chi connectivity index (χ0n) is 40.3. The minimum absolute atomic E-state index is 0.0133. The Morgan fingerprint density at radius 2 is 1.72 bits per heavy atom. The van der Waals surface area contributed by atoms with Crippen LogP contribution in [0.2, 0.25) is 10.0 Å². The van der Waals surface area contributed by atoms with E-state index in [-0.39, 0.29) is 42.5 Å². The van der Waals surface area contributed by atoms with Gasteiger partial charge >= 0.3 is 0 Å². The lowest BCUT2D eigenvalue weighted by molar-refractivity contribution is -0.124. The number of likely N-dealkylation sites (N-methyl/N-ethyl adjacent to an activating group) is 1. The Morgan fingerprint density at radius 1 is 1.01 bits per heavy atom. The monoisotopic (exact) mass is 994 g/mol. The molecule has 1 atom stereocenters. The molecule has 19 heteroatoms. The number of rotatable bonds is 19. The molecule has 5 aromatic rings. The fraction of sp³-hybridized carbons (Fsp3) is 0.438. The van der Waals surface area contributed by atoms with E-state index in [9.17, 15) is 14.4 Å². The lowest BCUT2D eigenvalue weighted by Crippen LogP contribution is -2.42. The molecule has 6 N–H and O–H groups in total. The summed E-state index contributed by atoms with van der Waals surface area (Å²) in [5.41, 5.74) is 11.3. The SMILES string of the molecule is CC.CNC/C(N)=C/N(N)CC(C)(C)COC(C)(C)COc1ccc(-c2nc(CC(=O)NCC(C)=O)cs2)c(Cl)c1.Cc1sc2c(c1C)C(c1ccc(Cl)cc1)=N[C@@H](CC=O)c1nnc(C)n1-2. The summed E-state index contributed by atoms with van der Waals surface area (Å²) in [5, 5.41) is 20.4. The molecule has 3 aromatic heterocycles. The van der Waals surface area contributed by atoms with Gasteiger partial charge < -0.3 is 35.6 Å². The first-order valence-electron chi connectivity index (χ1n) is 21.9. The number of aliphatic imine (C=N–C) groups is 1. The topological polar surface area (TPSA) is 205 Å². The van der Waals surface area contributed by atoms with Gasteiger partial charge in [0.2, 0.25) is 5.91 Å². The highest BCUT2D eigenvalue weighted by atomic mass is 35.5. The molecule has 6 rings (SSSR count). The average Bonchev–Trinajstić information content (AvgIpc) is 3.95. The third-order valence-corrected chi connectivity index (χ3v) is 12.7. The smallest absolute Gasteiger partial charge is 0.226 e. The van der Waals surface area contributed by atoms with Crippen LogP contribution >= 0.6 is 45.9 Å². The zero-order valence-corrected chi connectivity index (χ0v) is 43.4. The van der Waals surface area contributed by atoms with E-state index in [1.165, 1.54) is 28.7 Å².